The number of methoxy groups -OCH3 is 1. The maximum absolute atomic E-state index is 11.2. The Hall–Kier alpha value is -1.93. The highest BCUT2D eigenvalue weighted by molar-refractivity contribution is 7.92. The van der Waals surface area contributed by atoms with Gasteiger partial charge in [-0.05, 0) is 11.1 Å². The number of aromatic nitrogens is 1. The number of nitrogens with one attached hydrogen (secondary N) is 1. The number of hydrogen-bond acceptors (Lipinski definition) is 6. The van der Waals surface area contributed by atoms with Gasteiger partial charge in [-0.3, -0.25) is 9.52 Å². The summed E-state index contributed by atoms with van der Waals surface area (Å²) >= 11 is 1.25. The van der Waals surface area contributed by atoms with Gasteiger partial charge in [-0.2, -0.15) is 0 Å². The molecule has 0 bridgehead atoms. The van der Waals surface area contributed by atoms with Crippen molar-refractivity contribution in [3.05, 3.63) is 46.5 Å². The van der Waals surface area contributed by atoms with Gasteiger partial charge in [-0.1, -0.05) is 24.3 Å². The van der Waals surface area contributed by atoms with Gasteiger partial charge in [0, 0.05) is 11.8 Å². The van der Waals surface area contributed by atoms with E-state index < -0.39 is 10.0 Å². The monoisotopic (exact) mass is 340 g/mol. The zero-order valence-electron chi connectivity index (χ0n) is 12.2. The average Bonchev–Trinajstić information content (AvgIpc) is 2.85. The molecule has 0 unspecified atom stereocenters. The molecule has 0 atom stereocenters. The minimum atomic E-state index is -3.30. The van der Waals surface area contributed by atoms with Crippen molar-refractivity contribution in [2.75, 3.05) is 18.1 Å². The Morgan fingerprint density at radius 3 is 2.50 bits per heavy atom. The lowest BCUT2D eigenvalue weighted by molar-refractivity contribution is -0.139. The van der Waals surface area contributed by atoms with Crippen LogP contribution >= 0.6 is 11.3 Å². The van der Waals surface area contributed by atoms with Crippen LogP contribution in [-0.4, -0.2) is 32.7 Å². The molecular weight excluding hydrogens is 324 g/mol. The van der Waals surface area contributed by atoms with E-state index in [0.29, 0.717) is 11.6 Å². The van der Waals surface area contributed by atoms with Gasteiger partial charge in [0.05, 0.1) is 25.5 Å². The van der Waals surface area contributed by atoms with E-state index in [9.17, 15) is 13.2 Å². The molecule has 1 aromatic heterocycles. The molecule has 0 amide bonds. The molecule has 2 aromatic rings. The fourth-order valence-corrected chi connectivity index (χ4v) is 3.38. The summed E-state index contributed by atoms with van der Waals surface area (Å²) in [6, 6.07) is 7.57. The Morgan fingerprint density at radius 1 is 1.27 bits per heavy atom. The van der Waals surface area contributed by atoms with Crippen LogP contribution in [0.5, 0.6) is 0 Å². The van der Waals surface area contributed by atoms with Crippen molar-refractivity contribution in [3.63, 3.8) is 0 Å². The number of carbonyl (C=O) groups excluding carboxylic acids is 1. The second-order valence-electron chi connectivity index (χ2n) is 4.76. The van der Waals surface area contributed by atoms with Crippen LogP contribution < -0.4 is 4.72 Å². The summed E-state index contributed by atoms with van der Waals surface area (Å²) in [5.74, 6) is -0.274. The number of thiazole rings is 1. The number of hydrogen-bond donors (Lipinski definition) is 1. The number of carbonyl (C=O) groups is 1. The third-order valence-electron chi connectivity index (χ3n) is 2.81. The van der Waals surface area contributed by atoms with Crippen molar-refractivity contribution >= 4 is 32.5 Å². The van der Waals surface area contributed by atoms with Crippen LogP contribution in [0.3, 0.4) is 0 Å². The Kier molecular flexibility index (Phi) is 5.15. The standard InChI is InChI=1S/C14H16N2O4S2/c1-20-13(17)8-11-5-3-10(4-6-11)7-12-9-21-14(15-12)16-22(2,18)19/h3-6,9H,7-8H2,1-2H3,(H,15,16). The van der Waals surface area contributed by atoms with Crippen molar-refractivity contribution in [2.45, 2.75) is 12.8 Å². The number of ether oxygens (including phenoxy) is 1. The molecule has 2 rings (SSSR count). The molecule has 0 radical (unpaired) electrons. The predicted molar refractivity (Wildman–Crippen MR) is 85.5 cm³/mol. The van der Waals surface area contributed by atoms with Crippen molar-refractivity contribution in [1.29, 1.82) is 0 Å². The molecular formula is C14H16N2O4S2. The van der Waals surface area contributed by atoms with Gasteiger partial charge < -0.3 is 4.74 Å². The number of anilines is 1. The number of rotatable bonds is 6. The maximum Gasteiger partial charge on any atom is 0.309 e. The molecule has 118 valence electrons. The molecule has 6 nitrogen and oxygen atoms in total. The minimum absolute atomic E-state index is 0.246. The van der Waals surface area contributed by atoms with E-state index in [1.807, 2.05) is 29.6 Å². The molecule has 1 heterocycles. The molecule has 0 saturated heterocycles. The molecule has 22 heavy (non-hydrogen) atoms. The van der Waals surface area contributed by atoms with Gasteiger partial charge in [0.15, 0.2) is 5.13 Å². The van der Waals surface area contributed by atoms with Crippen molar-refractivity contribution in [2.24, 2.45) is 0 Å². The summed E-state index contributed by atoms with van der Waals surface area (Å²) in [6.45, 7) is 0. The summed E-state index contributed by atoms with van der Waals surface area (Å²) in [6.07, 6.45) is 1.93. The van der Waals surface area contributed by atoms with E-state index >= 15 is 0 Å². The molecule has 8 heteroatoms. The fraction of sp³-hybridized carbons (Fsp3) is 0.286. The highest BCUT2D eigenvalue weighted by atomic mass is 32.2. The SMILES string of the molecule is COC(=O)Cc1ccc(Cc2csc(NS(C)(=O)=O)n2)cc1. The van der Waals surface area contributed by atoms with E-state index in [4.69, 9.17) is 0 Å². The molecule has 0 fully saturated rings. The van der Waals surface area contributed by atoms with E-state index in [0.717, 1.165) is 23.1 Å². The lowest BCUT2D eigenvalue weighted by Crippen LogP contribution is -2.09. The van der Waals surface area contributed by atoms with E-state index in [1.165, 1.54) is 18.4 Å². The number of benzene rings is 1. The highest BCUT2D eigenvalue weighted by Crippen LogP contribution is 2.19. The summed E-state index contributed by atoms with van der Waals surface area (Å²) < 4.78 is 29.2. The average molecular weight is 340 g/mol. The molecule has 0 spiro atoms. The van der Waals surface area contributed by atoms with Crippen LogP contribution in [0, 0.1) is 0 Å². The Balaban J connectivity index is 2.00. The Bertz CT molecular complexity index is 751. The second-order valence-corrected chi connectivity index (χ2v) is 7.37. The lowest BCUT2D eigenvalue weighted by Gasteiger charge is -2.02. The predicted octanol–water partition coefficient (Wildman–Crippen LogP) is 1.82. The summed E-state index contributed by atoms with van der Waals surface area (Å²) in [4.78, 5) is 15.4. The number of esters is 1. The third-order valence-corrected chi connectivity index (χ3v) is 4.31. The first-order valence-electron chi connectivity index (χ1n) is 6.42. The Labute approximate surface area is 133 Å². The van der Waals surface area contributed by atoms with E-state index in [-0.39, 0.29) is 12.4 Å². The summed E-state index contributed by atoms with van der Waals surface area (Å²) in [5.41, 5.74) is 2.70. The van der Waals surface area contributed by atoms with Crippen LogP contribution in [-0.2, 0) is 32.4 Å². The lowest BCUT2D eigenvalue weighted by atomic mass is 10.1. The van der Waals surface area contributed by atoms with Crippen molar-refractivity contribution in [3.8, 4) is 0 Å². The van der Waals surface area contributed by atoms with Crippen molar-refractivity contribution < 1.29 is 17.9 Å². The van der Waals surface area contributed by atoms with Gasteiger partial charge in [0.1, 0.15) is 0 Å². The molecule has 0 aliphatic heterocycles. The van der Waals surface area contributed by atoms with Gasteiger partial charge >= 0.3 is 5.97 Å². The van der Waals surface area contributed by atoms with Crippen LogP contribution in [0.25, 0.3) is 0 Å². The summed E-state index contributed by atoms with van der Waals surface area (Å²) in [7, 11) is -1.94. The number of sulfonamides is 1. The normalized spacial score (nSPS) is 11.2. The minimum Gasteiger partial charge on any atom is -0.469 e. The third kappa shape index (κ3) is 5.12. The number of nitrogens with zero attached hydrogens (tertiary/aromatic N) is 1. The highest BCUT2D eigenvalue weighted by Gasteiger charge is 2.08. The largest absolute Gasteiger partial charge is 0.469 e. The maximum atomic E-state index is 11.2. The smallest absolute Gasteiger partial charge is 0.309 e. The quantitative estimate of drug-likeness (QED) is 0.811. The van der Waals surface area contributed by atoms with Crippen LogP contribution in [0.1, 0.15) is 16.8 Å². The zero-order valence-corrected chi connectivity index (χ0v) is 13.8. The van der Waals surface area contributed by atoms with E-state index in [2.05, 4.69) is 14.4 Å². The zero-order chi connectivity index (χ0) is 16.2. The summed E-state index contributed by atoms with van der Waals surface area (Å²) in [5, 5.41) is 2.18. The van der Waals surface area contributed by atoms with Gasteiger partial charge in [-0.25, -0.2) is 13.4 Å². The van der Waals surface area contributed by atoms with Gasteiger partial charge in [-0.15, -0.1) is 11.3 Å². The second kappa shape index (κ2) is 6.89. The van der Waals surface area contributed by atoms with Gasteiger partial charge in [0.25, 0.3) is 0 Å². The molecule has 1 N–H and O–H groups in total. The Morgan fingerprint density at radius 2 is 1.91 bits per heavy atom. The van der Waals surface area contributed by atoms with Crippen LogP contribution in [0.4, 0.5) is 5.13 Å². The first-order valence-corrected chi connectivity index (χ1v) is 9.19. The molecule has 0 saturated carbocycles. The first-order chi connectivity index (χ1) is 10.4. The molecule has 0 aliphatic rings. The van der Waals surface area contributed by atoms with Crippen LogP contribution in [0.15, 0.2) is 29.6 Å². The molecule has 0 aliphatic carbocycles. The fourth-order valence-electron chi connectivity index (χ4n) is 1.82. The first kappa shape index (κ1) is 16.4. The van der Waals surface area contributed by atoms with Crippen molar-refractivity contribution in [1.82, 2.24) is 4.98 Å². The van der Waals surface area contributed by atoms with Gasteiger partial charge in [0.2, 0.25) is 10.0 Å². The van der Waals surface area contributed by atoms with E-state index in [1.54, 1.807) is 0 Å². The molecule has 1 aromatic carbocycles. The topological polar surface area (TPSA) is 85.4 Å². The van der Waals surface area contributed by atoms with Crippen LogP contribution in [0.2, 0.25) is 0 Å².